The molecule has 1 aromatic carbocycles. The molecule has 1 aliphatic rings. The maximum absolute atomic E-state index is 12.1. The number of benzene rings is 1. The molecule has 0 saturated carbocycles. The van der Waals surface area contributed by atoms with E-state index in [2.05, 4.69) is 14.6 Å². The van der Waals surface area contributed by atoms with E-state index in [0.29, 0.717) is 0 Å². The summed E-state index contributed by atoms with van der Waals surface area (Å²) in [5, 5.41) is 2.78. The number of thiazole rings is 1. The second-order valence-corrected chi connectivity index (χ2v) is 8.44. The van der Waals surface area contributed by atoms with Crippen molar-refractivity contribution in [3.63, 3.8) is 0 Å². The van der Waals surface area contributed by atoms with Crippen molar-refractivity contribution in [3.05, 3.63) is 52.0 Å². The molecule has 0 spiro atoms. The Hall–Kier alpha value is -1.32. The molecular weight excluding hydrogens is 346 g/mol. The summed E-state index contributed by atoms with van der Waals surface area (Å²) in [6.45, 7) is 4.37. The first-order valence-corrected chi connectivity index (χ1v) is 10.4. The first kappa shape index (κ1) is 17.5. The summed E-state index contributed by atoms with van der Waals surface area (Å²) < 4.78 is 32.2. The van der Waals surface area contributed by atoms with Crippen LogP contribution >= 0.6 is 11.3 Å². The molecule has 130 valence electrons. The van der Waals surface area contributed by atoms with Gasteiger partial charge in [0.1, 0.15) is 5.01 Å². The Bertz CT molecular complexity index is 741. The number of nitrogens with zero attached hydrogens (tertiary/aromatic N) is 2. The van der Waals surface area contributed by atoms with Gasteiger partial charge in [0.25, 0.3) is 0 Å². The Morgan fingerprint density at radius 3 is 2.71 bits per heavy atom. The van der Waals surface area contributed by atoms with Crippen molar-refractivity contribution in [2.24, 2.45) is 0 Å². The smallest absolute Gasteiger partial charge is 0.216 e. The zero-order valence-electron chi connectivity index (χ0n) is 13.3. The molecule has 3 rings (SSSR count). The van der Waals surface area contributed by atoms with Gasteiger partial charge in [-0.1, -0.05) is 30.3 Å². The van der Waals surface area contributed by atoms with Crippen molar-refractivity contribution in [3.8, 4) is 0 Å². The van der Waals surface area contributed by atoms with Crippen LogP contribution < -0.4 is 4.72 Å². The summed E-state index contributed by atoms with van der Waals surface area (Å²) in [5.74, 6) is -0.0140. The lowest BCUT2D eigenvalue weighted by Crippen LogP contribution is -2.35. The third kappa shape index (κ3) is 5.35. The number of hydrogen-bond acceptors (Lipinski definition) is 6. The molecule has 24 heavy (non-hydrogen) atoms. The van der Waals surface area contributed by atoms with Crippen LogP contribution in [0.3, 0.4) is 0 Å². The highest BCUT2D eigenvalue weighted by molar-refractivity contribution is 7.88. The van der Waals surface area contributed by atoms with E-state index in [-0.39, 0.29) is 12.3 Å². The molecule has 1 fully saturated rings. The fourth-order valence-electron chi connectivity index (χ4n) is 2.51. The van der Waals surface area contributed by atoms with E-state index in [4.69, 9.17) is 4.74 Å². The van der Waals surface area contributed by atoms with Crippen LogP contribution in [0.15, 0.2) is 35.7 Å². The van der Waals surface area contributed by atoms with Gasteiger partial charge < -0.3 is 4.74 Å². The van der Waals surface area contributed by atoms with Gasteiger partial charge in [0, 0.05) is 25.0 Å². The van der Waals surface area contributed by atoms with Crippen molar-refractivity contribution in [2.75, 3.05) is 26.3 Å². The van der Waals surface area contributed by atoms with E-state index in [9.17, 15) is 8.42 Å². The molecule has 1 aromatic heterocycles. The molecule has 2 aromatic rings. The van der Waals surface area contributed by atoms with E-state index < -0.39 is 10.0 Å². The predicted molar refractivity (Wildman–Crippen MR) is 94.1 cm³/mol. The molecule has 1 N–H and O–H groups in total. The molecule has 2 heterocycles. The van der Waals surface area contributed by atoms with Crippen molar-refractivity contribution in [1.82, 2.24) is 14.6 Å². The molecule has 1 saturated heterocycles. The lowest BCUT2D eigenvalue weighted by atomic mass is 10.2. The maximum atomic E-state index is 12.1. The predicted octanol–water partition coefficient (Wildman–Crippen LogP) is 1.59. The number of sulfonamides is 1. The van der Waals surface area contributed by atoms with Gasteiger partial charge in [-0.25, -0.2) is 18.1 Å². The topological polar surface area (TPSA) is 71.5 Å². The normalized spacial score (nSPS) is 16.3. The van der Waals surface area contributed by atoms with Crippen LogP contribution in [0, 0.1) is 0 Å². The number of hydrogen-bond donors (Lipinski definition) is 1. The summed E-state index contributed by atoms with van der Waals surface area (Å²) >= 11 is 1.49. The molecule has 0 radical (unpaired) electrons. The lowest BCUT2D eigenvalue weighted by Gasteiger charge is -2.25. The Morgan fingerprint density at radius 1 is 1.21 bits per heavy atom. The molecule has 8 heteroatoms. The van der Waals surface area contributed by atoms with Gasteiger partial charge in [0.05, 0.1) is 31.2 Å². The van der Waals surface area contributed by atoms with Crippen molar-refractivity contribution < 1.29 is 13.2 Å². The van der Waals surface area contributed by atoms with Crippen LogP contribution in [0.4, 0.5) is 0 Å². The van der Waals surface area contributed by atoms with E-state index in [1.165, 1.54) is 11.3 Å². The molecule has 0 atom stereocenters. The number of morpholine rings is 1. The summed E-state index contributed by atoms with van der Waals surface area (Å²) in [6, 6.07) is 9.16. The van der Waals surface area contributed by atoms with Crippen LogP contribution in [0.25, 0.3) is 0 Å². The Kier molecular flexibility index (Phi) is 5.96. The van der Waals surface area contributed by atoms with Crippen molar-refractivity contribution in [2.45, 2.75) is 18.8 Å². The van der Waals surface area contributed by atoms with E-state index in [1.807, 2.05) is 35.7 Å². The third-order valence-electron chi connectivity index (χ3n) is 3.73. The van der Waals surface area contributed by atoms with Gasteiger partial charge in [-0.2, -0.15) is 0 Å². The molecule has 0 bridgehead atoms. The van der Waals surface area contributed by atoms with Crippen LogP contribution in [-0.2, 0) is 33.6 Å². The van der Waals surface area contributed by atoms with E-state index >= 15 is 0 Å². The summed E-state index contributed by atoms with van der Waals surface area (Å²) in [4.78, 5) is 6.82. The number of nitrogens with one attached hydrogen (secondary N) is 1. The third-order valence-corrected chi connectivity index (χ3v) is 5.93. The van der Waals surface area contributed by atoms with Crippen LogP contribution in [0.5, 0.6) is 0 Å². The first-order valence-electron chi connectivity index (χ1n) is 7.85. The second kappa shape index (κ2) is 8.17. The maximum Gasteiger partial charge on any atom is 0.216 e. The van der Waals surface area contributed by atoms with Gasteiger partial charge in [-0.3, -0.25) is 4.90 Å². The molecule has 1 aliphatic heterocycles. The van der Waals surface area contributed by atoms with Crippen LogP contribution in [0.2, 0.25) is 0 Å². The molecule has 0 aliphatic carbocycles. The fourth-order valence-corrected chi connectivity index (χ4v) is 4.41. The molecule has 0 unspecified atom stereocenters. The van der Waals surface area contributed by atoms with Gasteiger partial charge in [0.15, 0.2) is 0 Å². The zero-order valence-corrected chi connectivity index (χ0v) is 15.0. The monoisotopic (exact) mass is 367 g/mol. The standard InChI is InChI=1S/C16H21N3O3S2/c20-24(21,13-14-4-2-1-3-5-14)17-10-16-18-15(12-23-16)11-19-6-8-22-9-7-19/h1-5,12,17H,6-11,13H2. The molecule has 6 nitrogen and oxygen atoms in total. The van der Waals surface area contributed by atoms with Crippen LogP contribution in [0.1, 0.15) is 16.3 Å². The van der Waals surface area contributed by atoms with Crippen LogP contribution in [-0.4, -0.2) is 44.6 Å². The zero-order chi connectivity index (χ0) is 16.8. The minimum Gasteiger partial charge on any atom is -0.379 e. The SMILES string of the molecule is O=S(=O)(Cc1ccccc1)NCc1nc(CN2CCOCC2)cs1. The highest BCUT2D eigenvalue weighted by Gasteiger charge is 2.14. The lowest BCUT2D eigenvalue weighted by molar-refractivity contribution is 0.0337. The Morgan fingerprint density at radius 2 is 1.96 bits per heavy atom. The number of aromatic nitrogens is 1. The van der Waals surface area contributed by atoms with E-state index in [1.54, 1.807) is 0 Å². The van der Waals surface area contributed by atoms with Gasteiger partial charge in [0.2, 0.25) is 10.0 Å². The van der Waals surface area contributed by atoms with Gasteiger partial charge >= 0.3 is 0 Å². The first-order chi connectivity index (χ1) is 11.6. The largest absolute Gasteiger partial charge is 0.379 e. The second-order valence-electron chi connectivity index (χ2n) is 5.69. The Balaban J connectivity index is 1.51. The van der Waals surface area contributed by atoms with Crippen molar-refractivity contribution >= 4 is 21.4 Å². The number of ether oxygens (including phenoxy) is 1. The van der Waals surface area contributed by atoms with E-state index in [0.717, 1.165) is 49.1 Å². The summed E-state index contributed by atoms with van der Waals surface area (Å²) in [5.41, 5.74) is 1.76. The molecular formula is C16H21N3O3S2. The highest BCUT2D eigenvalue weighted by Crippen LogP contribution is 2.13. The highest BCUT2D eigenvalue weighted by atomic mass is 32.2. The summed E-state index contributed by atoms with van der Waals surface area (Å²) in [6.07, 6.45) is 0. The minimum absolute atomic E-state index is 0.0140. The van der Waals surface area contributed by atoms with Gasteiger partial charge in [-0.15, -0.1) is 11.3 Å². The minimum atomic E-state index is -3.36. The Labute approximate surface area is 146 Å². The van der Waals surface area contributed by atoms with Crippen molar-refractivity contribution in [1.29, 1.82) is 0 Å². The average Bonchev–Trinajstić information content (AvgIpc) is 3.02. The fraction of sp³-hybridized carbons (Fsp3) is 0.438. The summed E-state index contributed by atoms with van der Waals surface area (Å²) in [7, 11) is -3.36. The average molecular weight is 367 g/mol. The quantitative estimate of drug-likeness (QED) is 0.805. The van der Waals surface area contributed by atoms with Gasteiger partial charge in [-0.05, 0) is 5.56 Å². The number of rotatable bonds is 7. The molecule has 0 amide bonds.